The predicted molar refractivity (Wildman–Crippen MR) is 67.2 cm³/mol. The van der Waals surface area contributed by atoms with Crippen molar-refractivity contribution in [2.24, 2.45) is 0 Å². The minimum Gasteiger partial charge on any atom is -0.476 e. The summed E-state index contributed by atoms with van der Waals surface area (Å²) in [4.78, 5) is 9.98. The second kappa shape index (κ2) is 6.24. The maximum Gasteiger partial charge on any atom is 0.242 e. The molecule has 6 nitrogen and oxygen atoms in total. The monoisotopic (exact) mass is 240 g/mol. The van der Waals surface area contributed by atoms with Crippen molar-refractivity contribution >= 4 is 11.5 Å². The number of anilines is 2. The second-order valence-electron chi connectivity index (χ2n) is 3.91. The smallest absolute Gasteiger partial charge is 0.242 e. The topological polar surface area (TPSA) is 84.5 Å². The summed E-state index contributed by atoms with van der Waals surface area (Å²) in [6, 6.07) is 0. The van der Waals surface area contributed by atoms with Crippen LogP contribution < -0.4 is 15.4 Å². The van der Waals surface area contributed by atoms with Crippen molar-refractivity contribution < 1.29 is 9.84 Å². The summed E-state index contributed by atoms with van der Waals surface area (Å²) in [6.07, 6.45) is 1.74. The van der Waals surface area contributed by atoms with Crippen LogP contribution in [0.1, 0.15) is 20.3 Å². The Morgan fingerprint density at radius 1 is 1.53 bits per heavy atom. The Balaban J connectivity index is 2.78. The van der Waals surface area contributed by atoms with Gasteiger partial charge in [0, 0.05) is 13.6 Å². The lowest BCUT2D eigenvalue weighted by atomic mass is 10.2. The van der Waals surface area contributed by atoms with Crippen molar-refractivity contribution in [3.05, 3.63) is 6.33 Å². The lowest BCUT2D eigenvalue weighted by Gasteiger charge is -2.21. The number of nitrogens with two attached hydrogens (primary N) is 1. The number of aliphatic hydroxyl groups is 1. The Labute approximate surface area is 101 Å². The highest BCUT2D eigenvalue weighted by Gasteiger charge is 2.13. The van der Waals surface area contributed by atoms with Crippen molar-refractivity contribution in [1.29, 1.82) is 0 Å². The van der Waals surface area contributed by atoms with Gasteiger partial charge in [-0.2, -0.15) is 4.98 Å². The third kappa shape index (κ3) is 3.74. The summed E-state index contributed by atoms with van der Waals surface area (Å²) in [5.41, 5.74) is 6.36. The largest absolute Gasteiger partial charge is 0.476 e. The van der Waals surface area contributed by atoms with E-state index in [2.05, 4.69) is 9.97 Å². The fraction of sp³-hybridized carbons (Fsp3) is 0.636. The molecule has 0 bridgehead atoms. The van der Waals surface area contributed by atoms with Crippen LogP contribution in [0.4, 0.5) is 11.5 Å². The minimum atomic E-state index is -0.341. The van der Waals surface area contributed by atoms with Gasteiger partial charge >= 0.3 is 0 Å². The first-order valence-electron chi connectivity index (χ1n) is 5.68. The number of hydrogen-bond donors (Lipinski definition) is 2. The number of nitrogens with zero attached hydrogens (tertiary/aromatic N) is 3. The zero-order chi connectivity index (χ0) is 12.8. The van der Waals surface area contributed by atoms with Gasteiger partial charge in [-0.1, -0.05) is 0 Å². The van der Waals surface area contributed by atoms with Gasteiger partial charge in [-0.25, -0.2) is 4.98 Å². The molecule has 0 aliphatic rings. The summed E-state index contributed by atoms with van der Waals surface area (Å²) in [7, 11) is 1.87. The maximum atomic E-state index is 9.24. The van der Waals surface area contributed by atoms with Crippen LogP contribution in [0.5, 0.6) is 5.88 Å². The molecule has 0 fully saturated rings. The molecule has 0 radical (unpaired) electrons. The second-order valence-corrected chi connectivity index (χ2v) is 3.91. The van der Waals surface area contributed by atoms with Crippen LogP contribution in [0.15, 0.2) is 6.33 Å². The van der Waals surface area contributed by atoms with Gasteiger partial charge in [-0.15, -0.1) is 0 Å². The summed E-state index contributed by atoms with van der Waals surface area (Å²) >= 11 is 0. The van der Waals surface area contributed by atoms with Gasteiger partial charge in [0.1, 0.15) is 12.0 Å². The van der Waals surface area contributed by atoms with E-state index < -0.39 is 0 Å². The number of aromatic nitrogens is 2. The van der Waals surface area contributed by atoms with Crippen LogP contribution >= 0.6 is 0 Å². The van der Waals surface area contributed by atoms with Crippen LogP contribution in [0, 0.1) is 0 Å². The Hall–Kier alpha value is -1.56. The highest BCUT2D eigenvalue weighted by atomic mass is 16.5. The van der Waals surface area contributed by atoms with Gasteiger partial charge in [0.2, 0.25) is 5.88 Å². The van der Waals surface area contributed by atoms with E-state index in [-0.39, 0.29) is 6.10 Å². The first kappa shape index (κ1) is 13.5. The van der Waals surface area contributed by atoms with E-state index in [1.807, 2.05) is 18.9 Å². The molecule has 1 aromatic rings. The molecule has 17 heavy (non-hydrogen) atoms. The quantitative estimate of drug-likeness (QED) is 0.760. The van der Waals surface area contributed by atoms with Gasteiger partial charge in [0.05, 0.1) is 12.7 Å². The van der Waals surface area contributed by atoms with Gasteiger partial charge in [-0.05, 0) is 20.3 Å². The summed E-state index contributed by atoms with van der Waals surface area (Å²) < 4.78 is 5.30. The van der Waals surface area contributed by atoms with Crippen molar-refractivity contribution in [2.75, 3.05) is 30.8 Å². The number of aliphatic hydroxyl groups excluding tert-OH is 1. The third-order valence-electron chi connectivity index (χ3n) is 2.35. The zero-order valence-electron chi connectivity index (χ0n) is 10.6. The molecule has 3 N–H and O–H groups in total. The normalized spacial score (nSPS) is 12.2. The van der Waals surface area contributed by atoms with Gasteiger partial charge < -0.3 is 20.5 Å². The van der Waals surface area contributed by atoms with E-state index in [1.54, 1.807) is 6.92 Å². The van der Waals surface area contributed by atoms with Crippen LogP contribution in [0.25, 0.3) is 0 Å². The Bertz CT molecular complexity index is 357. The first-order chi connectivity index (χ1) is 8.06. The van der Waals surface area contributed by atoms with Crippen molar-refractivity contribution in [3.63, 3.8) is 0 Å². The molecular formula is C11H20N4O2. The van der Waals surface area contributed by atoms with Gasteiger partial charge in [0.15, 0.2) is 5.82 Å². The van der Waals surface area contributed by atoms with Crippen molar-refractivity contribution in [2.45, 2.75) is 26.4 Å². The van der Waals surface area contributed by atoms with Gasteiger partial charge in [-0.3, -0.25) is 0 Å². The Morgan fingerprint density at radius 2 is 2.24 bits per heavy atom. The first-order valence-corrected chi connectivity index (χ1v) is 5.68. The maximum absolute atomic E-state index is 9.24. The van der Waals surface area contributed by atoms with E-state index >= 15 is 0 Å². The molecule has 0 aliphatic carbocycles. The SMILES string of the molecule is CCOc1ncnc(N(C)CCC(C)O)c1N. The molecule has 6 heteroatoms. The minimum absolute atomic E-state index is 0.341. The molecular weight excluding hydrogens is 220 g/mol. The summed E-state index contributed by atoms with van der Waals surface area (Å²) in [5, 5.41) is 9.24. The molecule has 1 aromatic heterocycles. The number of ether oxygens (including phenoxy) is 1. The van der Waals surface area contributed by atoms with Crippen molar-refractivity contribution in [1.82, 2.24) is 9.97 Å². The predicted octanol–water partition coefficient (Wildman–Crippen LogP) is 0.665. The Morgan fingerprint density at radius 3 is 2.82 bits per heavy atom. The number of nitrogen functional groups attached to an aromatic ring is 1. The molecule has 1 atom stereocenters. The lowest BCUT2D eigenvalue weighted by Crippen LogP contribution is -2.24. The average Bonchev–Trinajstić information content (AvgIpc) is 2.29. The molecule has 1 heterocycles. The van der Waals surface area contributed by atoms with E-state index in [9.17, 15) is 5.11 Å². The molecule has 1 rings (SSSR count). The summed E-state index contributed by atoms with van der Waals surface area (Å²) in [6.45, 7) is 4.81. The molecule has 1 unspecified atom stereocenters. The molecule has 0 saturated heterocycles. The highest BCUT2D eigenvalue weighted by Crippen LogP contribution is 2.26. The fourth-order valence-corrected chi connectivity index (χ4v) is 1.41. The fourth-order valence-electron chi connectivity index (χ4n) is 1.41. The van der Waals surface area contributed by atoms with E-state index in [0.717, 1.165) is 0 Å². The molecule has 96 valence electrons. The number of hydrogen-bond acceptors (Lipinski definition) is 6. The zero-order valence-corrected chi connectivity index (χ0v) is 10.6. The lowest BCUT2D eigenvalue weighted by molar-refractivity contribution is 0.187. The molecule has 0 saturated carbocycles. The molecule has 0 aliphatic heterocycles. The van der Waals surface area contributed by atoms with Crippen LogP contribution in [-0.2, 0) is 0 Å². The van der Waals surface area contributed by atoms with Crippen molar-refractivity contribution in [3.8, 4) is 5.88 Å². The highest BCUT2D eigenvalue weighted by molar-refractivity contribution is 5.67. The number of rotatable bonds is 6. The standard InChI is InChI=1S/C11H20N4O2/c1-4-17-11-9(12)10(13-7-14-11)15(3)6-5-8(2)16/h7-8,16H,4-6,12H2,1-3H3. The molecule has 0 amide bonds. The molecule has 0 spiro atoms. The van der Waals surface area contributed by atoms with Crippen LogP contribution in [-0.4, -0.2) is 41.4 Å². The van der Waals surface area contributed by atoms with E-state index in [0.29, 0.717) is 37.0 Å². The van der Waals surface area contributed by atoms with Crippen LogP contribution in [0.3, 0.4) is 0 Å². The Kier molecular flexibility index (Phi) is 4.96. The van der Waals surface area contributed by atoms with Crippen LogP contribution in [0.2, 0.25) is 0 Å². The average molecular weight is 240 g/mol. The van der Waals surface area contributed by atoms with E-state index in [1.165, 1.54) is 6.33 Å². The summed E-state index contributed by atoms with van der Waals surface area (Å²) in [5.74, 6) is 1.03. The van der Waals surface area contributed by atoms with Gasteiger partial charge in [0.25, 0.3) is 0 Å². The van der Waals surface area contributed by atoms with E-state index in [4.69, 9.17) is 10.5 Å². The molecule has 0 aromatic carbocycles. The third-order valence-corrected chi connectivity index (χ3v) is 2.35.